The summed E-state index contributed by atoms with van der Waals surface area (Å²) in [7, 11) is 0. The largest absolute Gasteiger partial charge is 0.325 e. The summed E-state index contributed by atoms with van der Waals surface area (Å²) < 4.78 is 26.2. The van der Waals surface area contributed by atoms with Crippen molar-refractivity contribution in [3.63, 3.8) is 0 Å². The quantitative estimate of drug-likeness (QED) is 0.819. The third-order valence-electron chi connectivity index (χ3n) is 3.92. The van der Waals surface area contributed by atoms with Gasteiger partial charge in [0.05, 0.1) is 6.54 Å². The van der Waals surface area contributed by atoms with Crippen LogP contribution in [0.5, 0.6) is 0 Å². The van der Waals surface area contributed by atoms with Crippen LogP contribution in [0.1, 0.15) is 45.1 Å². The van der Waals surface area contributed by atoms with Crippen LogP contribution in [0.2, 0.25) is 0 Å². The van der Waals surface area contributed by atoms with Gasteiger partial charge in [0.2, 0.25) is 0 Å². The van der Waals surface area contributed by atoms with Crippen LogP contribution in [0.25, 0.3) is 0 Å². The molecular weight excluding hydrogens is 290 g/mol. The fourth-order valence-electron chi connectivity index (χ4n) is 2.96. The Morgan fingerprint density at radius 3 is 2.27 bits per heavy atom. The number of imide groups is 1. The molecule has 1 N–H and O–H groups in total. The Morgan fingerprint density at radius 1 is 1.09 bits per heavy atom. The molecule has 0 aromatic heterocycles. The predicted octanol–water partition coefficient (Wildman–Crippen LogP) is 3.36. The lowest BCUT2D eigenvalue weighted by molar-refractivity contribution is -0.132. The molecule has 3 amide bonds. The number of nitrogens with zero attached hydrogens (tertiary/aromatic N) is 1. The van der Waals surface area contributed by atoms with Crippen molar-refractivity contribution >= 4 is 11.9 Å². The molecule has 1 aliphatic rings. The van der Waals surface area contributed by atoms with E-state index in [1.54, 1.807) is 0 Å². The zero-order chi connectivity index (χ0) is 16.3. The first-order chi connectivity index (χ1) is 10.4. The minimum Gasteiger partial charge on any atom is -0.323 e. The maximum atomic E-state index is 13.3. The molecule has 0 spiro atoms. The van der Waals surface area contributed by atoms with Gasteiger partial charge in [-0.25, -0.2) is 13.6 Å². The number of halogens is 2. The van der Waals surface area contributed by atoms with Crippen molar-refractivity contribution < 1.29 is 18.4 Å². The van der Waals surface area contributed by atoms with Crippen molar-refractivity contribution in [3.05, 3.63) is 35.4 Å². The van der Waals surface area contributed by atoms with E-state index < -0.39 is 23.2 Å². The van der Waals surface area contributed by atoms with E-state index in [1.807, 2.05) is 13.8 Å². The zero-order valence-corrected chi connectivity index (χ0v) is 12.8. The summed E-state index contributed by atoms with van der Waals surface area (Å²) in [6.07, 6.45) is 2.68. The second kappa shape index (κ2) is 6.42. The summed E-state index contributed by atoms with van der Waals surface area (Å²) in [4.78, 5) is 25.9. The Balaban J connectivity index is 2.22. The highest BCUT2D eigenvalue weighted by Gasteiger charge is 2.49. The van der Waals surface area contributed by atoms with E-state index >= 15 is 0 Å². The zero-order valence-electron chi connectivity index (χ0n) is 12.8. The van der Waals surface area contributed by atoms with Gasteiger partial charge in [0.25, 0.3) is 5.91 Å². The number of hydrogen-bond acceptors (Lipinski definition) is 2. The molecule has 4 nitrogen and oxygen atoms in total. The van der Waals surface area contributed by atoms with E-state index in [4.69, 9.17) is 0 Å². The Labute approximate surface area is 128 Å². The Kier molecular flexibility index (Phi) is 4.78. The highest BCUT2D eigenvalue weighted by Crippen LogP contribution is 2.29. The normalized spacial score (nSPS) is 17.0. The van der Waals surface area contributed by atoms with Gasteiger partial charge < -0.3 is 5.32 Å². The molecule has 1 heterocycles. The van der Waals surface area contributed by atoms with Crippen molar-refractivity contribution in [2.45, 2.75) is 51.6 Å². The second-order valence-corrected chi connectivity index (χ2v) is 5.65. The maximum Gasteiger partial charge on any atom is 0.325 e. The first-order valence-electron chi connectivity index (χ1n) is 7.51. The van der Waals surface area contributed by atoms with Gasteiger partial charge >= 0.3 is 6.03 Å². The van der Waals surface area contributed by atoms with E-state index in [1.165, 1.54) is 6.07 Å². The van der Waals surface area contributed by atoms with Crippen molar-refractivity contribution in [2.24, 2.45) is 0 Å². The number of benzene rings is 1. The molecule has 0 atom stereocenters. The molecule has 1 aromatic carbocycles. The standard InChI is InChI=1S/C16H20F2N2O2/c1-3-7-16(8-4-2)14(21)20(15(22)19-16)10-11-5-6-12(17)13(18)9-11/h5-6,9H,3-4,7-8,10H2,1-2H3,(H,19,22). The number of nitrogens with one attached hydrogen (secondary N) is 1. The molecule has 120 valence electrons. The summed E-state index contributed by atoms with van der Waals surface area (Å²) in [6.45, 7) is 3.85. The molecule has 2 rings (SSSR count). The van der Waals surface area contributed by atoms with Gasteiger partial charge in [-0.1, -0.05) is 32.8 Å². The molecule has 6 heteroatoms. The van der Waals surface area contributed by atoms with Gasteiger partial charge in [0, 0.05) is 0 Å². The first-order valence-corrected chi connectivity index (χ1v) is 7.51. The van der Waals surface area contributed by atoms with Crippen LogP contribution in [0.3, 0.4) is 0 Å². The highest BCUT2D eigenvalue weighted by molar-refractivity contribution is 6.06. The Bertz CT molecular complexity index is 584. The average Bonchev–Trinajstić information content (AvgIpc) is 2.68. The number of rotatable bonds is 6. The third-order valence-corrected chi connectivity index (χ3v) is 3.92. The average molecular weight is 310 g/mol. The fraction of sp³-hybridized carbons (Fsp3) is 0.500. The van der Waals surface area contributed by atoms with Crippen LogP contribution < -0.4 is 5.32 Å². The van der Waals surface area contributed by atoms with Gasteiger partial charge in [-0.2, -0.15) is 0 Å². The number of carbonyl (C=O) groups is 2. The van der Waals surface area contributed by atoms with Crippen molar-refractivity contribution in [2.75, 3.05) is 0 Å². The molecule has 1 aliphatic heterocycles. The Morgan fingerprint density at radius 2 is 1.73 bits per heavy atom. The third kappa shape index (κ3) is 2.96. The molecule has 0 saturated carbocycles. The lowest BCUT2D eigenvalue weighted by Gasteiger charge is -2.25. The summed E-state index contributed by atoms with van der Waals surface area (Å²) >= 11 is 0. The van der Waals surface area contributed by atoms with Crippen molar-refractivity contribution in [3.8, 4) is 0 Å². The van der Waals surface area contributed by atoms with Gasteiger partial charge in [0.15, 0.2) is 11.6 Å². The topological polar surface area (TPSA) is 49.4 Å². The molecule has 0 aliphatic carbocycles. The van der Waals surface area contributed by atoms with E-state index in [-0.39, 0.29) is 12.5 Å². The lowest BCUT2D eigenvalue weighted by Crippen LogP contribution is -2.46. The molecule has 0 bridgehead atoms. The first kappa shape index (κ1) is 16.4. The molecule has 1 fully saturated rings. The number of hydrogen-bond donors (Lipinski definition) is 1. The van der Waals surface area contributed by atoms with Gasteiger partial charge in [0.1, 0.15) is 5.54 Å². The van der Waals surface area contributed by atoms with Crippen molar-refractivity contribution in [1.29, 1.82) is 0 Å². The number of urea groups is 1. The summed E-state index contributed by atoms with van der Waals surface area (Å²) in [6, 6.07) is 2.90. The van der Waals surface area contributed by atoms with E-state index in [9.17, 15) is 18.4 Å². The second-order valence-electron chi connectivity index (χ2n) is 5.65. The number of amides is 3. The molecule has 1 saturated heterocycles. The molecule has 0 unspecified atom stereocenters. The molecule has 22 heavy (non-hydrogen) atoms. The van der Waals surface area contributed by atoms with Crippen molar-refractivity contribution in [1.82, 2.24) is 10.2 Å². The van der Waals surface area contributed by atoms with Gasteiger partial charge in [-0.05, 0) is 30.5 Å². The summed E-state index contributed by atoms with van der Waals surface area (Å²) in [5, 5.41) is 2.78. The van der Waals surface area contributed by atoms with Crippen LogP contribution in [-0.4, -0.2) is 22.4 Å². The summed E-state index contributed by atoms with van der Waals surface area (Å²) in [5.74, 6) is -2.23. The van der Waals surface area contributed by atoms with Crippen LogP contribution >= 0.6 is 0 Å². The lowest BCUT2D eigenvalue weighted by atomic mass is 9.88. The van der Waals surface area contributed by atoms with Gasteiger partial charge in [-0.15, -0.1) is 0 Å². The molecular formula is C16H20F2N2O2. The van der Waals surface area contributed by atoms with Crippen LogP contribution in [0.4, 0.5) is 13.6 Å². The molecule has 0 radical (unpaired) electrons. The molecule has 1 aromatic rings. The Hall–Kier alpha value is -1.98. The smallest absolute Gasteiger partial charge is 0.323 e. The minimum atomic E-state index is -0.988. The van der Waals surface area contributed by atoms with E-state index in [2.05, 4.69) is 5.32 Å². The monoisotopic (exact) mass is 310 g/mol. The van der Waals surface area contributed by atoms with E-state index in [0.717, 1.165) is 29.9 Å². The fourth-order valence-corrected chi connectivity index (χ4v) is 2.96. The van der Waals surface area contributed by atoms with Gasteiger partial charge in [-0.3, -0.25) is 9.69 Å². The predicted molar refractivity (Wildman–Crippen MR) is 78.0 cm³/mol. The van der Waals surface area contributed by atoms with Crippen LogP contribution in [0.15, 0.2) is 18.2 Å². The number of carbonyl (C=O) groups excluding carboxylic acids is 2. The SMILES string of the molecule is CCCC1(CCC)NC(=O)N(Cc2ccc(F)c(F)c2)C1=O. The van der Waals surface area contributed by atoms with Crippen LogP contribution in [-0.2, 0) is 11.3 Å². The van der Waals surface area contributed by atoms with E-state index in [0.29, 0.717) is 18.4 Å². The summed E-state index contributed by atoms with van der Waals surface area (Å²) in [5.41, 5.74) is -0.481. The maximum absolute atomic E-state index is 13.3. The highest BCUT2D eigenvalue weighted by atomic mass is 19.2. The van der Waals surface area contributed by atoms with Crippen LogP contribution in [0, 0.1) is 11.6 Å². The minimum absolute atomic E-state index is 0.0585.